The summed E-state index contributed by atoms with van der Waals surface area (Å²) in [7, 11) is 2.99. The van der Waals surface area contributed by atoms with E-state index < -0.39 is 109 Å². The van der Waals surface area contributed by atoms with Crippen LogP contribution >= 0.6 is 0 Å². The molecule has 0 unspecified atom stereocenters. The fraction of sp³-hybridized carbons (Fsp3) is 0.706. The first-order valence-electron chi connectivity index (χ1n) is 18.6. The molecule has 10 N–H and O–H groups in total. The molecule has 4 heterocycles. The fourth-order valence-corrected chi connectivity index (χ4v) is 6.14. The minimum Gasteiger partial charge on any atom is -0.475 e. The van der Waals surface area contributed by atoms with Crippen LogP contribution in [0.4, 0.5) is 26.3 Å². The van der Waals surface area contributed by atoms with Crippen LogP contribution in [-0.4, -0.2) is 175 Å². The quantitative estimate of drug-likeness (QED) is 0.0746. The number of rotatable bonds is 14. The minimum atomic E-state index is -5.08. The highest BCUT2D eigenvalue weighted by molar-refractivity contribution is 5.99. The van der Waals surface area contributed by atoms with Gasteiger partial charge in [0.15, 0.2) is 12.5 Å². The smallest absolute Gasteiger partial charge is 0.475 e. The number of ether oxygens (including phenoxy) is 3. The van der Waals surface area contributed by atoms with Gasteiger partial charge < -0.3 is 60.8 Å². The van der Waals surface area contributed by atoms with E-state index in [1.807, 2.05) is 0 Å². The van der Waals surface area contributed by atoms with Crippen molar-refractivity contribution in [3.63, 3.8) is 0 Å². The molecule has 21 nitrogen and oxygen atoms in total. The van der Waals surface area contributed by atoms with E-state index >= 15 is 0 Å². The molecule has 27 heteroatoms. The van der Waals surface area contributed by atoms with Crippen LogP contribution < -0.4 is 22.3 Å². The summed E-state index contributed by atoms with van der Waals surface area (Å²) in [5.41, 5.74) is 4.15. The summed E-state index contributed by atoms with van der Waals surface area (Å²) in [4.78, 5) is 74.0. The lowest BCUT2D eigenvalue weighted by Gasteiger charge is -2.38. The molecule has 0 bridgehead atoms. The number of nitrogens with one attached hydrogen (secondary N) is 2. The zero-order valence-electron chi connectivity index (χ0n) is 32.9. The summed E-state index contributed by atoms with van der Waals surface area (Å²) in [6, 6.07) is -0.271. The Morgan fingerprint density at radius 2 is 1.46 bits per heavy atom. The van der Waals surface area contributed by atoms with Crippen LogP contribution in [0, 0.1) is 0 Å². The molecule has 0 spiro atoms. The molecule has 0 radical (unpaired) electrons. The number of amides is 2. The Morgan fingerprint density at radius 3 is 1.97 bits per heavy atom. The van der Waals surface area contributed by atoms with Crippen LogP contribution in [0.25, 0.3) is 0 Å². The van der Waals surface area contributed by atoms with Crippen molar-refractivity contribution in [1.29, 1.82) is 0 Å². The molecular formula is C34H50F6N6O15. The first-order chi connectivity index (χ1) is 28.3. The number of aliphatic carboxylic acids is 2. The van der Waals surface area contributed by atoms with E-state index in [1.54, 1.807) is 13.1 Å². The Bertz CT molecular complexity index is 1750. The molecule has 2 fully saturated rings. The van der Waals surface area contributed by atoms with Gasteiger partial charge in [-0.05, 0) is 19.5 Å². The molecule has 2 amide bonds. The van der Waals surface area contributed by atoms with Gasteiger partial charge in [-0.15, -0.1) is 0 Å². The van der Waals surface area contributed by atoms with Crippen molar-refractivity contribution < 1.29 is 90.4 Å². The number of aliphatic hydroxyl groups is 4. The number of aromatic nitrogens is 2. The topological polar surface area (TPSA) is 317 Å². The first kappa shape index (κ1) is 52.7. The van der Waals surface area contributed by atoms with Crippen molar-refractivity contribution in [1.82, 2.24) is 24.7 Å². The molecule has 3 aliphatic rings. The second-order valence-corrected chi connectivity index (χ2v) is 13.9. The first-order valence-corrected chi connectivity index (χ1v) is 18.6. The Kier molecular flexibility index (Phi) is 19.9. The summed E-state index contributed by atoms with van der Waals surface area (Å²) >= 11 is 0. The maximum atomic E-state index is 14.1. The number of nitrogens with zero attached hydrogens (tertiary/aromatic N) is 3. The summed E-state index contributed by atoms with van der Waals surface area (Å²) in [5.74, 6) is -6.61. The molecule has 10 atom stereocenters. The number of alkyl halides is 6. The average molecular weight is 897 g/mol. The van der Waals surface area contributed by atoms with E-state index in [1.165, 1.54) is 18.4 Å². The van der Waals surface area contributed by atoms with E-state index in [4.69, 9.17) is 39.7 Å². The molecular weight excluding hydrogens is 846 g/mol. The van der Waals surface area contributed by atoms with Gasteiger partial charge in [0.25, 0.3) is 11.5 Å². The predicted octanol–water partition coefficient (Wildman–Crippen LogP) is -1.65. The number of carboxylic acid groups (broad SMARTS) is 2. The second-order valence-electron chi connectivity index (χ2n) is 13.9. The highest BCUT2D eigenvalue weighted by Gasteiger charge is 2.55. The van der Waals surface area contributed by atoms with Crippen molar-refractivity contribution in [2.45, 2.75) is 119 Å². The fourth-order valence-electron chi connectivity index (χ4n) is 6.14. The van der Waals surface area contributed by atoms with Crippen molar-refractivity contribution in [3.8, 4) is 0 Å². The third-order valence-corrected chi connectivity index (χ3v) is 9.40. The minimum absolute atomic E-state index is 0.0662. The Morgan fingerprint density at radius 1 is 0.902 bits per heavy atom. The van der Waals surface area contributed by atoms with Gasteiger partial charge in [-0.25, -0.2) is 14.4 Å². The number of aliphatic hydroxyl groups excluding tert-OH is 4. The highest BCUT2D eigenvalue weighted by Crippen LogP contribution is 2.36. The summed E-state index contributed by atoms with van der Waals surface area (Å²) in [6.45, 7) is 2.48. The van der Waals surface area contributed by atoms with Crippen molar-refractivity contribution in [2.24, 2.45) is 5.73 Å². The maximum Gasteiger partial charge on any atom is 0.490 e. The Balaban J connectivity index is 0.000000784. The van der Waals surface area contributed by atoms with Crippen LogP contribution in [-0.2, 0) is 33.4 Å². The number of carbonyl (C=O) groups excluding carboxylic acids is 2. The summed E-state index contributed by atoms with van der Waals surface area (Å²) in [6.07, 6.45) is -14.8. The van der Waals surface area contributed by atoms with Crippen LogP contribution in [0.3, 0.4) is 0 Å². The number of likely N-dealkylation sites (N-methyl/N-ethyl adjacent to an activating group) is 2. The zero-order valence-corrected chi connectivity index (χ0v) is 32.9. The zero-order chi connectivity index (χ0) is 46.6. The van der Waals surface area contributed by atoms with E-state index in [0.29, 0.717) is 6.54 Å². The van der Waals surface area contributed by atoms with Crippen molar-refractivity contribution in [2.75, 3.05) is 33.7 Å². The van der Waals surface area contributed by atoms with Gasteiger partial charge in [0.1, 0.15) is 54.5 Å². The standard InChI is InChI=1S/C30H48N6O11.2C2HF3O2/c1-4-5-6-7-8-9-12-32-26(42)16-10-13-34(2)19(27(43)35(16)3)24(47-29-23(41)20(38)17(15-31)45-29)25-21(39)22(40)28(46-25)36-14-11-18(37)33-30(36)44;2*3-2(4,5)1(6)7/h10-11,14,17,19-25,28-29,38-41H,4-9,12-13,15,31H2,1-3H3,(H,32,42)(H,33,37,44);2*(H,6,7)/t17-,19+,20-,21+,22-,23-,24+,25+,28-,29+;;/m1../s1. The van der Waals surface area contributed by atoms with Gasteiger partial charge in [-0.1, -0.05) is 39.0 Å². The molecule has 348 valence electrons. The normalized spacial score (nSPS) is 27.5. The number of nitrogens with two attached hydrogens (primary N) is 1. The Labute approximate surface area is 342 Å². The molecule has 0 aliphatic carbocycles. The van der Waals surface area contributed by atoms with E-state index in [2.05, 4.69) is 17.2 Å². The van der Waals surface area contributed by atoms with Crippen LogP contribution in [0.15, 0.2) is 33.6 Å². The van der Waals surface area contributed by atoms with E-state index in [0.717, 1.165) is 53.8 Å². The summed E-state index contributed by atoms with van der Waals surface area (Å²) in [5, 5.41) is 60.5. The second kappa shape index (κ2) is 23.1. The third-order valence-electron chi connectivity index (χ3n) is 9.40. The lowest BCUT2D eigenvalue weighted by Crippen LogP contribution is -2.59. The number of H-pyrrole nitrogens is 1. The third kappa shape index (κ3) is 14.6. The van der Waals surface area contributed by atoms with Crippen LogP contribution in [0.1, 0.15) is 51.7 Å². The molecule has 61 heavy (non-hydrogen) atoms. The number of carbonyl (C=O) groups is 4. The number of hydrogen-bond donors (Lipinski definition) is 9. The molecule has 1 aromatic rings. The van der Waals surface area contributed by atoms with Gasteiger partial charge in [0.05, 0.1) is 0 Å². The predicted molar refractivity (Wildman–Crippen MR) is 193 cm³/mol. The monoisotopic (exact) mass is 896 g/mol. The lowest BCUT2D eigenvalue weighted by molar-refractivity contribution is -0.232. The molecule has 3 aliphatic heterocycles. The maximum absolute atomic E-state index is 14.1. The summed E-state index contributed by atoms with van der Waals surface area (Å²) < 4.78 is 82.1. The largest absolute Gasteiger partial charge is 0.490 e. The van der Waals surface area contributed by atoms with Gasteiger partial charge >= 0.3 is 30.0 Å². The number of hydrogen-bond acceptors (Lipinski definition) is 15. The molecule has 1 aromatic heterocycles. The molecule has 4 rings (SSSR count). The van der Waals surface area contributed by atoms with Gasteiger partial charge in [-0.2, -0.15) is 26.3 Å². The van der Waals surface area contributed by atoms with Gasteiger partial charge in [0, 0.05) is 38.9 Å². The Hall–Kier alpha value is -4.48. The van der Waals surface area contributed by atoms with Crippen LogP contribution in [0.2, 0.25) is 0 Å². The molecule has 2 saturated heterocycles. The van der Waals surface area contributed by atoms with E-state index in [9.17, 15) is 65.9 Å². The number of halogens is 6. The number of aromatic amines is 1. The van der Waals surface area contributed by atoms with Crippen molar-refractivity contribution in [3.05, 3.63) is 44.9 Å². The van der Waals surface area contributed by atoms with Gasteiger partial charge in [0.2, 0.25) is 5.91 Å². The number of carboxylic acids is 2. The SMILES string of the molecule is CCCCCCCCNC(=O)C1=CCN(C)[C@@H]([C@H](O[C@@H]2O[C@H](CN)[C@@H](O)[C@H]2O)[C@H]2O[C@@H](n3ccc(=O)[nH]c3=O)[C@H](O)[C@@H]2O)C(=O)N1C.O=C(O)C(F)(F)F.O=C(O)C(F)(F)F. The molecule has 0 saturated carbocycles. The number of unbranched alkanes of at least 4 members (excludes halogenated alkanes) is 5. The highest BCUT2D eigenvalue weighted by atomic mass is 19.4. The van der Waals surface area contributed by atoms with Crippen LogP contribution in [0.5, 0.6) is 0 Å². The van der Waals surface area contributed by atoms with Crippen molar-refractivity contribution >= 4 is 23.8 Å². The molecule has 0 aromatic carbocycles. The lowest BCUT2D eigenvalue weighted by atomic mass is 9.97. The van der Waals surface area contributed by atoms with Gasteiger partial charge in [-0.3, -0.25) is 28.8 Å². The van der Waals surface area contributed by atoms with E-state index in [-0.39, 0.29) is 18.8 Å². The average Bonchev–Trinajstić information content (AvgIpc) is 3.57.